The summed E-state index contributed by atoms with van der Waals surface area (Å²) < 4.78 is 12.5. The molecule has 0 spiro atoms. The third-order valence-electron chi connectivity index (χ3n) is 4.59. The van der Waals surface area contributed by atoms with Gasteiger partial charge in [0.1, 0.15) is 17.1 Å². The number of benzene rings is 1. The Morgan fingerprint density at radius 1 is 1.27 bits per heavy atom. The Labute approximate surface area is 135 Å². The maximum atomic E-state index is 6.42. The van der Waals surface area contributed by atoms with E-state index in [1.165, 1.54) is 5.56 Å². The van der Waals surface area contributed by atoms with Gasteiger partial charge in [0.2, 0.25) is 0 Å². The summed E-state index contributed by atoms with van der Waals surface area (Å²) in [7, 11) is 0. The summed E-state index contributed by atoms with van der Waals surface area (Å²) >= 11 is 0. The first-order valence-corrected chi connectivity index (χ1v) is 8.73. The van der Waals surface area contributed by atoms with E-state index in [2.05, 4.69) is 52.1 Å². The van der Waals surface area contributed by atoms with E-state index < -0.39 is 0 Å². The maximum Gasteiger partial charge on any atom is 0.128 e. The van der Waals surface area contributed by atoms with Gasteiger partial charge in [-0.2, -0.15) is 0 Å². The van der Waals surface area contributed by atoms with Gasteiger partial charge in [0.15, 0.2) is 0 Å². The van der Waals surface area contributed by atoms with Crippen LogP contribution in [0.5, 0.6) is 11.5 Å². The number of fused-ring (bicyclic) bond motifs is 1. The highest BCUT2D eigenvalue weighted by molar-refractivity contribution is 5.49. The molecule has 1 aromatic carbocycles. The van der Waals surface area contributed by atoms with Gasteiger partial charge in [-0.1, -0.05) is 40.7 Å². The Morgan fingerprint density at radius 3 is 2.59 bits per heavy atom. The quantitative estimate of drug-likeness (QED) is 0.791. The lowest BCUT2D eigenvalue weighted by Gasteiger charge is -2.42. The molecule has 2 rings (SSSR count). The molecule has 1 aromatic rings. The lowest BCUT2D eigenvalue weighted by molar-refractivity contribution is 0.0218. The standard InChI is InChI=1S/C19H31NO2/c1-6-19(7-2)12-15(20-8-3)18-16(21-13-14(4)5)10-9-11-17(18)22-19/h9-11,14-15,20H,6-8,12-13H2,1-5H3. The Hall–Kier alpha value is -1.22. The van der Waals surface area contributed by atoms with E-state index in [9.17, 15) is 0 Å². The van der Waals surface area contributed by atoms with E-state index in [4.69, 9.17) is 9.47 Å². The molecule has 0 aliphatic carbocycles. The molecule has 124 valence electrons. The molecule has 1 unspecified atom stereocenters. The fourth-order valence-electron chi connectivity index (χ4n) is 3.19. The van der Waals surface area contributed by atoms with Gasteiger partial charge in [-0.25, -0.2) is 0 Å². The first-order chi connectivity index (χ1) is 10.5. The minimum Gasteiger partial charge on any atom is -0.493 e. The lowest BCUT2D eigenvalue weighted by Crippen LogP contribution is -2.43. The van der Waals surface area contributed by atoms with Crippen molar-refractivity contribution in [2.24, 2.45) is 5.92 Å². The molecule has 3 nitrogen and oxygen atoms in total. The van der Waals surface area contributed by atoms with Crippen molar-refractivity contribution in [1.29, 1.82) is 0 Å². The summed E-state index contributed by atoms with van der Waals surface area (Å²) in [5, 5.41) is 3.63. The van der Waals surface area contributed by atoms with Gasteiger partial charge in [0.05, 0.1) is 12.2 Å². The van der Waals surface area contributed by atoms with Crippen LogP contribution in [-0.4, -0.2) is 18.8 Å². The van der Waals surface area contributed by atoms with Gasteiger partial charge in [0, 0.05) is 12.5 Å². The number of nitrogens with one attached hydrogen (secondary N) is 1. The molecule has 3 heteroatoms. The molecule has 1 N–H and O–H groups in total. The molecule has 0 amide bonds. The third-order valence-corrected chi connectivity index (χ3v) is 4.59. The second-order valence-electron chi connectivity index (χ2n) is 6.68. The van der Waals surface area contributed by atoms with Crippen molar-refractivity contribution in [3.63, 3.8) is 0 Å². The summed E-state index contributed by atoms with van der Waals surface area (Å²) in [5.74, 6) is 2.48. The van der Waals surface area contributed by atoms with Crippen LogP contribution in [0.3, 0.4) is 0 Å². The highest BCUT2D eigenvalue weighted by atomic mass is 16.5. The molecule has 1 atom stereocenters. The number of ether oxygens (including phenoxy) is 2. The summed E-state index contributed by atoms with van der Waals surface area (Å²) in [5.41, 5.74) is 1.14. The van der Waals surface area contributed by atoms with E-state index in [0.717, 1.165) is 43.9 Å². The maximum absolute atomic E-state index is 6.42. The average molecular weight is 305 g/mol. The molecule has 0 bridgehead atoms. The summed E-state index contributed by atoms with van der Waals surface area (Å²) in [6.45, 7) is 12.6. The van der Waals surface area contributed by atoms with E-state index >= 15 is 0 Å². The molecule has 1 aliphatic heterocycles. The van der Waals surface area contributed by atoms with Gasteiger partial charge in [-0.05, 0) is 37.4 Å². The average Bonchev–Trinajstić information content (AvgIpc) is 2.52. The van der Waals surface area contributed by atoms with Crippen molar-refractivity contribution >= 4 is 0 Å². The van der Waals surface area contributed by atoms with E-state index in [0.29, 0.717) is 12.0 Å². The molecule has 1 aliphatic rings. The third kappa shape index (κ3) is 3.57. The zero-order chi connectivity index (χ0) is 16.2. The number of hydrogen-bond donors (Lipinski definition) is 1. The summed E-state index contributed by atoms with van der Waals surface area (Å²) in [6, 6.07) is 6.50. The minimum atomic E-state index is -0.0590. The van der Waals surface area contributed by atoms with Crippen LogP contribution in [0.1, 0.15) is 65.5 Å². The first-order valence-electron chi connectivity index (χ1n) is 8.73. The van der Waals surface area contributed by atoms with Crippen LogP contribution in [0.2, 0.25) is 0 Å². The minimum absolute atomic E-state index is 0.0590. The number of hydrogen-bond acceptors (Lipinski definition) is 3. The van der Waals surface area contributed by atoms with E-state index in [-0.39, 0.29) is 5.60 Å². The Bertz CT molecular complexity index is 480. The largest absolute Gasteiger partial charge is 0.493 e. The van der Waals surface area contributed by atoms with Crippen LogP contribution in [0.25, 0.3) is 0 Å². The van der Waals surface area contributed by atoms with Gasteiger partial charge < -0.3 is 14.8 Å². The molecule has 0 saturated carbocycles. The zero-order valence-electron chi connectivity index (χ0n) is 14.7. The van der Waals surface area contributed by atoms with Crippen LogP contribution in [0.4, 0.5) is 0 Å². The van der Waals surface area contributed by atoms with Gasteiger partial charge in [0.25, 0.3) is 0 Å². The van der Waals surface area contributed by atoms with Crippen LogP contribution in [0, 0.1) is 5.92 Å². The predicted octanol–water partition coefficient (Wildman–Crippen LogP) is 4.71. The molecule has 0 aromatic heterocycles. The monoisotopic (exact) mass is 305 g/mol. The summed E-state index contributed by atoms with van der Waals surface area (Å²) in [6.07, 6.45) is 3.06. The highest BCUT2D eigenvalue weighted by Gasteiger charge is 2.39. The molecule has 0 radical (unpaired) electrons. The first kappa shape index (κ1) is 17.1. The fraction of sp³-hybridized carbons (Fsp3) is 0.684. The molecule has 22 heavy (non-hydrogen) atoms. The van der Waals surface area contributed by atoms with E-state index in [1.54, 1.807) is 0 Å². The molecular weight excluding hydrogens is 274 g/mol. The second-order valence-corrected chi connectivity index (χ2v) is 6.68. The Morgan fingerprint density at radius 2 is 2.00 bits per heavy atom. The SMILES string of the molecule is CCNC1CC(CC)(CC)Oc2cccc(OCC(C)C)c21. The van der Waals surface area contributed by atoms with Crippen LogP contribution < -0.4 is 14.8 Å². The van der Waals surface area contributed by atoms with Crippen LogP contribution in [0.15, 0.2) is 18.2 Å². The lowest BCUT2D eigenvalue weighted by atomic mass is 9.83. The molecule has 1 heterocycles. The predicted molar refractivity (Wildman–Crippen MR) is 91.8 cm³/mol. The Balaban J connectivity index is 2.37. The van der Waals surface area contributed by atoms with Gasteiger partial charge in [-0.15, -0.1) is 0 Å². The van der Waals surface area contributed by atoms with E-state index in [1.807, 2.05) is 6.07 Å². The number of rotatable bonds is 7. The van der Waals surface area contributed by atoms with Crippen LogP contribution >= 0.6 is 0 Å². The normalized spacial score (nSPS) is 19.6. The molecular formula is C19H31NO2. The molecule has 0 saturated heterocycles. The topological polar surface area (TPSA) is 30.5 Å². The van der Waals surface area contributed by atoms with Crippen molar-refractivity contribution in [2.75, 3.05) is 13.2 Å². The Kier molecular flexibility index (Phi) is 5.74. The van der Waals surface area contributed by atoms with Crippen molar-refractivity contribution in [1.82, 2.24) is 5.32 Å². The van der Waals surface area contributed by atoms with Crippen molar-refractivity contribution < 1.29 is 9.47 Å². The van der Waals surface area contributed by atoms with Crippen molar-refractivity contribution in [3.05, 3.63) is 23.8 Å². The molecule has 0 fully saturated rings. The van der Waals surface area contributed by atoms with Gasteiger partial charge >= 0.3 is 0 Å². The smallest absolute Gasteiger partial charge is 0.128 e. The zero-order valence-corrected chi connectivity index (χ0v) is 14.7. The fourth-order valence-corrected chi connectivity index (χ4v) is 3.19. The second kappa shape index (κ2) is 7.36. The summed E-state index contributed by atoms with van der Waals surface area (Å²) in [4.78, 5) is 0. The highest BCUT2D eigenvalue weighted by Crippen LogP contribution is 2.46. The van der Waals surface area contributed by atoms with Gasteiger partial charge in [-0.3, -0.25) is 0 Å². The van der Waals surface area contributed by atoms with Crippen LogP contribution in [-0.2, 0) is 0 Å². The van der Waals surface area contributed by atoms with Crippen molar-refractivity contribution in [3.8, 4) is 11.5 Å². The van der Waals surface area contributed by atoms with Crippen molar-refractivity contribution in [2.45, 2.75) is 65.5 Å².